The fourth-order valence-electron chi connectivity index (χ4n) is 1.67. The van der Waals surface area contributed by atoms with Crippen molar-refractivity contribution in [1.82, 2.24) is 5.32 Å². The molecule has 0 spiro atoms. The number of thiocarbonyl (C=S) groups is 1. The Hall–Kier alpha value is -1.36. The standard InChI is InChI=1S/C12H18N2O2S/c1-4-12(5-2,11(13)17)14-10(15)9-7-6-8(3)16-9/h6-7H,4-5H2,1-3H3,(H2,13,17)(H,14,15). The van der Waals surface area contributed by atoms with E-state index in [-0.39, 0.29) is 11.7 Å². The van der Waals surface area contributed by atoms with Gasteiger partial charge in [-0.2, -0.15) is 0 Å². The first-order chi connectivity index (χ1) is 7.95. The van der Waals surface area contributed by atoms with Crippen molar-refractivity contribution in [2.45, 2.75) is 39.2 Å². The van der Waals surface area contributed by atoms with Crippen LogP contribution in [0.1, 0.15) is 43.0 Å². The van der Waals surface area contributed by atoms with Crippen LogP contribution in [0.5, 0.6) is 0 Å². The summed E-state index contributed by atoms with van der Waals surface area (Å²) in [6.45, 7) is 5.67. The van der Waals surface area contributed by atoms with Crippen LogP contribution in [0.2, 0.25) is 0 Å². The third-order valence-corrected chi connectivity index (χ3v) is 3.39. The second kappa shape index (κ2) is 5.31. The molecule has 0 aromatic carbocycles. The van der Waals surface area contributed by atoms with E-state index in [1.165, 1.54) is 0 Å². The van der Waals surface area contributed by atoms with Gasteiger partial charge in [0.25, 0.3) is 5.91 Å². The molecule has 0 bridgehead atoms. The van der Waals surface area contributed by atoms with Gasteiger partial charge >= 0.3 is 0 Å². The highest BCUT2D eigenvalue weighted by Gasteiger charge is 2.32. The first-order valence-corrected chi connectivity index (χ1v) is 6.05. The molecular weight excluding hydrogens is 236 g/mol. The smallest absolute Gasteiger partial charge is 0.287 e. The average Bonchev–Trinajstić information content (AvgIpc) is 2.72. The fourth-order valence-corrected chi connectivity index (χ4v) is 2.01. The Kier molecular flexibility index (Phi) is 4.28. The Labute approximate surface area is 107 Å². The molecule has 0 unspecified atom stereocenters. The molecule has 0 saturated heterocycles. The van der Waals surface area contributed by atoms with Crippen LogP contribution in [0.25, 0.3) is 0 Å². The van der Waals surface area contributed by atoms with E-state index in [2.05, 4.69) is 5.32 Å². The van der Waals surface area contributed by atoms with Gasteiger partial charge in [0.1, 0.15) is 5.76 Å². The van der Waals surface area contributed by atoms with Gasteiger partial charge in [-0.25, -0.2) is 0 Å². The van der Waals surface area contributed by atoms with Gasteiger partial charge in [-0.05, 0) is 31.9 Å². The highest BCUT2D eigenvalue weighted by molar-refractivity contribution is 7.80. The van der Waals surface area contributed by atoms with E-state index in [1.807, 2.05) is 13.8 Å². The van der Waals surface area contributed by atoms with Gasteiger partial charge in [-0.1, -0.05) is 26.1 Å². The third-order valence-electron chi connectivity index (χ3n) is 3.00. The number of carbonyl (C=O) groups excluding carboxylic acids is 1. The molecule has 0 aliphatic heterocycles. The van der Waals surface area contributed by atoms with Gasteiger partial charge in [0.05, 0.1) is 10.5 Å². The first-order valence-electron chi connectivity index (χ1n) is 5.64. The van der Waals surface area contributed by atoms with Crippen LogP contribution in [-0.4, -0.2) is 16.4 Å². The number of nitrogens with one attached hydrogen (secondary N) is 1. The molecule has 0 aliphatic rings. The zero-order valence-corrected chi connectivity index (χ0v) is 11.2. The van der Waals surface area contributed by atoms with Crippen LogP contribution in [0, 0.1) is 6.92 Å². The van der Waals surface area contributed by atoms with Gasteiger partial charge < -0.3 is 15.5 Å². The Morgan fingerprint density at radius 2 is 2.06 bits per heavy atom. The molecule has 1 amide bonds. The maximum atomic E-state index is 12.0. The Bertz CT molecular complexity index is 422. The maximum absolute atomic E-state index is 12.0. The minimum absolute atomic E-state index is 0.282. The summed E-state index contributed by atoms with van der Waals surface area (Å²) in [5, 5.41) is 2.86. The van der Waals surface area contributed by atoms with Gasteiger partial charge in [0.2, 0.25) is 0 Å². The zero-order valence-electron chi connectivity index (χ0n) is 10.4. The Balaban J connectivity index is 2.88. The predicted molar refractivity (Wildman–Crippen MR) is 71.0 cm³/mol. The van der Waals surface area contributed by atoms with Crippen molar-refractivity contribution in [3.63, 3.8) is 0 Å². The van der Waals surface area contributed by atoms with Crippen molar-refractivity contribution in [2.24, 2.45) is 5.73 Å². The number of hydrogen-bond donors (Lipinski definition) is 2. The first kappa shape index (κ1) is 13.7. The summed E-state index contributed by atoms with van der Waals surface area (Å²) in [5.41, 5.74) is 5.08. The lowest BCUT2D eigenvalue weighted by molar-refractivity contribution is 0.0890. The normalized spacial score (nSPS) is 11.2. The molecule has 0 atom stereocenters. The van der Waals surface area contributed by atoms with Gasteiger partial charge in [-0.3, -0.25) is 4.79 Å². The number of carbonyl (C=O) groups is 1. The third kappa shape index (κ3) is 2.85. The van der Waals surface area contributed by atoms with E-state index < -0.39 is 5.54 Å². The van der Waals surface area contributed by atoms with Gasteiger partial charge in [0, 0.05) is 0 Å². The molecule has 1 rings (SSSR count). The van der Waals surface area contributed by atoms with Crippen molar-refractivity contribution >= 4 is 23.1 Å². The summed E-state index contributed by atoms with van der Waals surface area (Å²) >= 11 is 5.03. The van der Waals surface area contributed by atoms with E-state index in [0.29, 0.717) is 23.6 Å². The molecule has 1 heterocycles. The molecule has 3 N–H and O–H groups in total. The number of hydrogen-bond acceptors (Lipinski definition) is 3. The number of rotatable bonds is 5. The van der Waals surface area contributed by atoms with E-state index in [1.54, 1.807) is 19.1 Å². The molecule has 0 radical (unpaired) electrons. The monoisotopic (exact) mass is 254 g/mol. The Morgan fingerprint density at radius 3 is 2.41 bits per heavy atom. The number of aryl methyl sites for hydroxylation is 1. The molecule has 0 fully saturated rings. The van der Waals surface area contributed by atoms with Crippen LogP contribution in [0.3, 0.4) is 0 Å². The highest BCUT2D eigenvalue weighted by Crippen LogP contribution is 2.17. The summed E-state index contributed by atoms with van der Waals surface area (Å²) in [5.74, 6) is 0.698. The van der Waals surface area contributed by atoms with Crippen molar-refractivity contribution in [1.29, 1.82) is 0 Å². The largest absolute Gasteiger partial charge is 0.456 e. The van der Waals surface area contributed by atoms with Crippen molar-refractivity contribution < 1.29 is 9.21 Å². The molecule has 5 heteroatoms. The van der Waals surface area contributed by atoms with E-state index in [0.717, 1.165) is 0 Å². The maximum Gasteiger partial charge on any atom is 0.287 e. The molecule has 94 valence electrons. The molecule has 17 heavy (non-hydrogen) atoms. The molecular formula is C12H18N2O2S. The number of amides is 1. The van der Waals surface area contributed by atoms with Crippen LogP contribution < -0.4 is 11.1 Å². The second-order valence-corrected chi connectivity index (χ2v) is 4.46. The van der Waals surface area contributed by atoms with Crippen molar-refractivity contribution in [2.75, 3.05) is 0 Å². The summed E-state index contributed by atoms with van der Waals surface area (Å²) < 4.78 is 5.26. The quantitative estimate of drug-likeness (QED) is 0.790. The van der Waals surface area contributed by atoms with Crippen molar-refractivity contribution in [3.8, 4) is 0 Å². The summed E-state index contributed by atoms with van der Waals surface area (Å²) in [6.07, 6.45) is 1.31. The zero-order chi connectivity index (χ0) is 13.1. The van der Waals surface area contributed by atoms with Gasteiger partial charge in [-0.15, -0.1) is 0 Å². The Morgan fingerprint density at radius 1 is 1.47 bits per heavy atom. The predicted octanol–water partition coefficient (Wildman–Crippen LogP) is 2.16. The van der Waals surface area contributed by atoms with Crippen LogP contribution in [0.4, 0.5) is 0 Å². The lowest BCUT2D eigenvalue weighted by atomic mass is 9.92. The number of nitrogens with two attached hydrogens (primary N) is 1. The molecule has 0 saturated carbocycles. The SMILES string of the molecule is CCC(CC)(NC(=O)c1ccc(C)o1)C(N)=S. The summed E-state index contributed by atoms with van der Waals surface area (Å²) in [6, 6.07) is 3.38. The highest BCUT2D eigenvalue weighted by atomic mass is 32.1. The summed E-state index contributed by atoms with van der Waals surface area (Å²) in [4.78, 5) is 12.3. The van der Waals surface area contributed by atoms with Crippen LogP contribution >= 0.6 is 12.2 Å². The van der Waals surface area contributed by atoms with E-state index in [4.69, 9.17) is 22.4 Å². The molecule has 4 nitrogen and oxygen atoms in total. The molecule has 1 aromatic rings. The average molecular weight is 254 g/mol. The second-order valence-electron chi connectivity index (χ2n) is 4.02. The lowest BCUT2D eigenvalue weighted by Crippen LogP contribution is -2.55. The van der Waals surface area contributed by atoms with E-state index >= 15 is 0 Å². The number of furan rings is 1. The summed E-state index contributed by atoms with van der Waals surface area (Å²) in [7, 11) is 0. The lowest BCUT2D eigenvalue weighted by Gasteiger charge is -2.31. The van der Waals surface area contributed by atoms with Crippen molar-refractivity contribution in [3.05, 3.63) is 23.7 Å². The van der Waals surface area contributed by atoms with Crippen LogP contribution in [0.15, 0.2) is 16.5 Å². The topological polar surface area (TPSA) is 68.3 Å². The molecule has 0 aliphatic carbocycles. The van der Waals surface area contributed by atoms with Gasteiger partial charge in [0.15, 0.2) is 5.76 Å². The van der Waals surface area contributed by atoms with E-state index in [9.17, 15) is 4.79 Å². The fraction of sp³-hybridized carbons (Fsp3) is 0.500. The minimum Gasteiger partial charge on any atom is -0.456 e. The van der Waals surface area contributed by atoms with Crippen LogP contribution in [-0.2, 0) is 0 Å². The molecule has 1 aromatic heterocycles. The minimum atomic E-state index is -0.632.